The van der Waals surface area contributed by atoms with Crippen LogP contribution in [0.25, 0.3) is 0 Å². The number of hydrogen-bond acceptors (Lipinski definition) is 3. The van der Waals surface area contributed by atoms with Crippen LogP contribution in [0.15, 0.2) is 28.1 Å². The van der Waals surface area contributed by atoms with E-state index in [0.717, 1.165) is 12.0 Å². The number of ketones is 1. The van der Waals surface area contributed by atoms with Crippen LogP contribution < -0.4 is 0 Å². The zero-order chi connectivity index (χ0) is 12.4. The molecule has 1 aliphatic carbocycles. The molecule has 0 bridgehead atoms. The number of nitrogens with zero attached hydrogens (tertiary/aromatic N) is 1. The molecule has 0 spiro atoms. The van der Waals surface area contributed by atoms with E-state index in [9.17, 15) is 4.79 Å². The molecule has 1 saturated carbocycles. The molecule has 0 aliphatic heterocycles. The van der Waals surface area contributed by atoms with Crippen molar-refractivity contribution in [2.75, 3.05) is 12.5 Å². The fraction of sp³-hybridized carbons (Fsp3) is 0.462. The Morgan fingerprint density at radius 3 is 2.65 bits per heavy atom. The van der Waals surface area contributed by atoms with Crippen molar-refractivity contribution in [3.05, 3.63) is 33.8 Å². The molecule has 1 aliphatic rings. The van der Waals surface area contributed by atoms with Gasteiger partial charge in [-0.1, -0.05) is 0 Å². The first-order chi connectivity index (χ1) is 8.19. The van der Waals surface area contributed by atoms with Crippen LogP contribution >= 0.6 is 23.5 Å². The minimum atomic E-state index is 0.289. The quantitative estimate of drug-likeness (QED) is 0.784. The summed E-state index contributed by atoms with van der Waals surface area (Å²) in [7, 11) is 2.05. The molecule has 0 radical (unpaired) electrons. The standard InChI is InChI=1S/C13H17NOS2/c1-14-8-4-5-10(14)9-6-7-11(15)12(9)13(16-2)17-3/h4-5,8-9H,6-7H2,1-3H3. The number of rotatable bonds is 3. The van der Waals surface area contributed by atoms with Gasteiger partial charge in [0.2, 0.25) is 0 Å². The summed E-state index contributed by atoms with van der Waals surface area (Å²) in [5, 5.41) is 0. The van der Waals surface area contributed by atoms with Gasteiger partial charge in [-0.3, -0.25) is 4.79 Å². The Morgan fingerprint density at radius 1 is 1.41 bits per heavy atom. The summed E-state index contributed by atoms with van der Waals surface area (Å²) >= 11 is 3.38. The third-order valence-electron chi connectivity index (χ3n) is 3.24. The number of aromatic nitrogens is 1. The van der Waals surface area contributed by atoms with Crippen LogP contribution in [0.3, 0.4) is 0 Å². The lowest BCUT2D eigenvalue weighted by Gasteiger charge is -2.15. The molecule has 1 aromatic rings. The minimum Gasteiger partial charge on any atom is -0.354 e. The van der Waals surface area contributed by atoms with Gasteiger partial charge >= 0.3 is 0 Å². The first-order valence-corrected chi connectivity index (χ1v) is 8.10. The number of carbonyl (C=O) groups excluding carboxylic acids is 1. The fourth-order valence-corrected chi connectivity index (χ4v) is 4.06. The van der Waals surface area contributed by atoms with E-state index in [2.05, 4.69) is 10.6 Å². The summed E-state index contributed by atoms with van der Waals surface area (Å²) in [6, 6.07) is 4.18. The maximum Gasteiger partial charge on any atom is 0.161 e. The molecule has 92 valence electrons. The predicted octanol–water partition coefficient (Wildman–Crippen LogP) is 3.41. The summed E-state index contributed by atoms with van der Waals surface area (Å²) < 4.78 is 3.31. The molecule has 2 nitrogen and oxygen atoms in total. The zero-order valence-electron chi connectivity index (χ0n) is 10.4. The van der Waals surface area contributed by atoms with Gasteiger partial charge in [0, 0.05) is 41.1 Å². The van der Waals surface area contributed by atoms with Crippen LogP contribution in [-0.2, 0) is 11.8 Å². The average molecular weight is 267 g/mol. The van der Waals surface area contributed by atoms with Gasteiger partial charge in [0.05, 0.1) is 0 Å². The number of allylic oxidation sites excluding steroid dienone is 1. The highest BCUT2D eigenvalue weighted by molar-refractivity contribution is 8.21. The minimum absolute atomic E-state index is 0.289. The maximum atomic E-state index is 12.1. The van der Waals surface area contributed by atoms with Gasteiger partial charge in [0.1, 0.15) is 0 Å². The van der Waals surface area contributed by atoms with E-state index in [-0.39, 0.29) is 5.92 Å². The summed E-state index contributed by atoms with van der Waals surface area (Å²) in [5.74, 6) is 0.618. The highest BCUT2D eigenvalue weighted by atomic mass is 32.2. The van der Waals surface area contributed by atoms with Crippen LogP contribution in [0.2, 0.25) is 0 Å². The van der Waals surface area contributed by atoms with E-state index in [1.807, 2.05) is 31.8 Å². The van der Waals surface area contributed by atoms with E-state index in [4.69, 9.17) is 0 Å². The first kappa shape index (κ1) is 12.8. The average Bonchev–Trinajstić information content (AvgIpc) is 2.88. The fourth-order valence-electron chi connectivity index (χ4n) is 2.44. The lowest BCUT2D eigenvalue weighted by Crippen LogP contribution is -2.06. The molecular formula is C13H17NOS2. The van der Waals surface area contributed by atoms with Crippen LogP contribution in [0.4, 0.5) is 0 Å². The second kappa shape index (κ2) is 5.36. The van der Waals surface area contributed by atoms with Crippen molar-refractivity contribution in [1.29, 1.82) is 0 Å². The summed E-state index contributed by atoms with van der Waals surface area (Å²) in [4.78, 5) is 12.1. The van der Waals surface area contributed by atoms with Crippen LogP contribution in [0.1, 0.15) is 24.5 Å². The van der Waals surface area contributed by atoms with Gasteiger partial charge in [-0.15, -0.1) is 23.5 Å². The molecule has 4 heteroatoms. The SMILES string of the molecule is CSC(SC)=C1C(=O)CCC1c1cccn1C. The summed E-state index contributed by atoms with van der Waals surface area (Å²) in [6.07, 6.45) is 7.79. The van der Waals surface area contributed by atoms with E-state index < -0.39 is 0 Å². The number of hydrogen-bond donors (Lipinski definition) is 0. The molecule has 1 fully saturated rings. The maximum absolute atomic E-state index is 12.1. The zero-order valence-corrected chi connectivity index (χ0v) is 12.0. The molecule has 0 aromatic carbocycles. The topological polar surface area (TPSA) is 22.0 Å². The van der Waals surface area contributed by atoms with E-state index in [1.54, 1.807) is 23.5 Å². The van der Waals surface area contributed by atoms with Crippen molar-refractivity contribution < 1.29 is 4.79 Å². The predicted molar refractivity (Wildman–Crippen MR) is 76.5 cm³/mol. The molecule has 1 heterocycles. The molecule has 17 heavy (non-hydrogen) atoms. The molecule has 2 rings (SSSR count). The normalized spacial score (nSPS) is 20.1. The van der Waals surface area contributed by atoms with Gasteiger partial charge in [-0.05, 0) is 31.1 Å². The van der Waals surface area contributed by atoms with Crippen molar-refractivity contribution in [3.8, 4) is 0 Å². The lowest BCUT2D eigenvalue weighted by atomic mass is 10.00. The Kier molecular flexibility index (Phi) is 4.05. The number of Topliss-reactive ketones (excluding diaryl/α,β-unsaturated/α-hetero) is 1. The first-order valence-electron chi connectivity index (χ1n) is 5.65. The Bertz CT molecular complexity index is 456. The molecule has 1 atom stereocenters. The Morgan fingerprint density at radius 2 is 2.12 bits per heavy atom. The van der Waals surface area contributed by atoms with Gasteiger partial charge in [0.15, 0.2) is 5.78 Å². The molecule has 1 unspecified atom stereocenters. The summed E-state index contributed by atoms with van der Waals surface area (Å²) in [5.41, 5.74) is 2.29. The third-order valence-corrected chi connectivity index (χ3v) is 5.42. The molecule has 1 aromatic heterocycles. The van der Waals surface area contributed by atoms with Crippen LogP contribution in [0, 0.1) is 0 Å². The molecule has 0 saturated heterocycles. The highest BCUT2D eigenvalue weighted by Crippen LogP contribution is 2.43. The van der Waals surface area contributed by atoms with Crippen molar-refractivity contribution in [3.63, 3.8) is 0 Å². The van der Waals surface area contributed by atoms with Crippen LogP contribution in [0.5, 0.6) is 0 Å². The largest absolute Gasteiger partial charge is 0.354 e. The monoisotopic (exact) mass is 267 g/mol. The van der Waals surface area contributed by atoms with E-state index in [0.29, 0.717) is 12.2 Å². The molecule has 0 N–H and O–H groups in total. The molecular weight excluding hydrogens is 250 g/mol. The number of thioether (sulfide) groups is 2. The van der Waals surface area contributed by atoms with Crippen molar-refractivity contribution >= 4 is 29.3 Å². The third kappa shape index (κ3) is 2.33. The Balaban J connectivity index is 2.45. The van der Waals surface area contributed by atoms with Crippen molar-refractivity contribution in [1.82, 2.24) is 4.57 Å². The van der Waals surface area contributed by atoms with E-state index >= 15 is 0 Å². The summed E-state index contributed by atoms with van der Waals surface area (Å²) in [6.45, 7) is 0. The van der Waals surface area contributed by atoms with Gasteiger partial charge in [-0.25, -0.2) is 0 Å². The molecule has 0 amide bonds. The number of aryl methyl sites for hydroxylation is 1. The second-order valence-electron chi connectivity index (χ2n) is 4.17. The van der Waals surface area contributed by atoms with E-state index in [1.165, 1.54) is 9.93 Å². The van der Waals surface area contributed by atoms with Crippen LogP contribution in [-0.4, -0.2) is 22.9 Å². The van der Waals surface area contributed by atoms with Gasteiger partial charge in [0.25, 0.3) is 0 Å². The van der Waals surface area contributed by atoms with Gasteiger partial charge in [-0.2, -0.15) is 0 Å². The highest BCUT2D eigenvalue weighted by Gasteiger charge is 2.33. The second-order valence-corrected chi connectivity index (χ2v) is 6.06. The Labute approximate surface area is 111 Å². The van der Waals surface area contributed by atoms with Crippen molar-refractivity contribution in [2.45, 2.75) is 18.8 Å². The van der Waals surface area contributed by atoms with Gasteiger partial charge < -0.3 is 4.57 Å². The smallest absolute Gasteiger partial charge is 0.161 e. The number of carbonyl (C=O) groups is 1. The van der Waals surface area contributed by atoms with Crippen molar-refractivity contribution in [2.24, 2.45) is 7.05 Å². The Hall–Kier alpha value is -0.610. The lowest BCUT2D eigenvalue weighted by molar-refractivity contribution is -0.114.